The van der Waals surface area contributed by atoms with Gasteiger partial charge in [-0.1, -0.05) is 0 Å². The highest BCUT2D eigenvalue weighted by Gasteiger charge is 2.50. The lowest BCUT2D eigenvalue weighted by Crippen LogP contribution is -2.65. The molecule has 35 heteroatoms. The summed E-state index contributed by atoms with van der Waals surface area (Å²) in [6.45, 7) is -11.9. The fourth-order valence-corrected chi connectivity index (χ4v) is 9.10. The van der Waals surface area contributed by atoms with Gasteiger partial charge in [0.2, 0.25) is 17.7 Å². The van der Waals surface area contributed by atoms with Crippen LogP contribution in [0.25, 0.3) is 0 Å². The third-order valence-electron chi connectivity index (χ3n) is 13.2. The molecular weight excluding hydrogens is 1060 g/mol. The molecule has 3 amide bonds. The predicted octanol–water partition coefficient (Wildman–Crippen LogP) is -17.6. The fraction of sp³-hybridized carbons (Fsp3) is 0.837. The van der Waals surface area contributed by atoms with Gasteiger partial charge in [0.25, 0.3) is 0 Å². The van der Waals surface area contributed by atoms with E-state index in [0.717, 1.165) is 4.90 Å². The molecule has 15 unspecified atom stereocenters. The van der Waals surface area contributed by atoms with Gasteiger partial charge in [-0.25, -0.2) is 0 Å². The standard InChI is InChI=1S/C43H72N6O29/c50-12-20-30(64)33(67)36(70)39(76-20)73-17-42(18-74-40-37(71)34(68)31(65)21(13-51)77-40,19-75-41-38(72)35(69)32(66)22(14-52)78-41)46-24(54)2-4-44-25(55)7-45-23(53)1-3-43(49(10-28(60)61)11-29(62)63)15-47(8-26(56)57)5-6-48(16-43)9-27(58)59/h20-22,30-41,50-52,64-72H,1-19H2,(H,44,55)(H,45,53)(H,46,54)(H,56,57)(H,58,59)(H,60,61)(H,62,63)/p-4. The van der Waals surface area contributed by atoms with E-state index in [1.807, 2.05) is 0 Å². The van der Waals surface area contributed by atoms with Crippen molar-refractivity contribution in [3.05, 3.63) is 0 Å². The summed E-state index contributed by atoms with van der Waals surface area (Å²) < 4.78 is 33.5. The first-order chi connectivity index (χ1) is 36.7. The monoisotopic (exact) mass is 1130 g/mol. The summed E-state index contributed by atoms with van der Waals surface area (Å²) in [6, 6.07) is 0. The molecule has 0 bridgehead atoms. The quantitative estimate of drug-likeness (QED) is 0.0318. The number of carbonyl (C=O) groups excluding carboxylic acids is 7. The summed E-state index contributed by atoms with van der Waals surface area (Å²) in [5, 5.41) is 178. The van der Waals surface area contributed by atoms with Crippen molar-refractivity contribution >= 4 is 41.6 Å². The number of rotatable bonds is 30. The second-order valence-corrected chi connectivity index (χ2v) is 19.2. The lowest BCUT2D eigenvalue weighted by Gasteiger charge is -2.47. The van der Waals surface area contributed by atoms with Crippen LogP contribution in [-0.2, 0) is 62.0 Å². The van der Waals surface area contributed by atoms with Crippen molar-refractivity contribution in [2.24, 2.45) is 0 Å². The third-order valence-corrected chi connectivity index (χ3v) is 13.2. The van der Waals surface area contributed by atoms with Gasteiger partial charge in [0, 0.05) is 77.3 Å². The van der Waals surface area contributed by atoms with Crippen LogP contribution in [0, 0.1) is 0 Å². The molecule has 4 fully saturated rings. The van der Waals surface area contributed by atoms with Crippen molar-refractivity contribution < 1.29 is 144 Å². The first-order valence-electron chi connectivity index (χ1n) is 24.3. The van der Waals surface area contributed by atoms with Crippen LogP contribution in [0.5, 0.6) is 0 Å². The van der Waals surface area contributed by atoms with E-state index in [1.54, 1.807) is 0 Å². The molecule has 4 aliphatic rings. The van der Waals surface area contributed by atoms with Gasteiger partial charge in [0.1, 0.15) is 78.8 Å². The second-order valence-electron chi connectivity index (χ2n) is 19.2. The number of carbonyl (C=O) groups is 7. The van der Waals surface area contributed by atoms with Crippen molar-refractivity contribution in [3.63, 3.8) is 0 Å². The summed E-state index contributed by atoms with van der Waals surface area (Å²) in [4.78, 5) is 90.3. The number of carboxylic acid groups (broad SMARTS) is 4. The Labute approximate surface area is 442 Å². The molecule has 4 saturated heterocycles. The van der Waals surface area contributed by atoms with Crippen LogP contribution in [0.1, 0.15) is 19.3 Å². The Morgan fingerprint density at radius 2 is 0.910 bits per heavy atom. The summed E-state index contributed by atoms with van der Waals surface area (Å²) in [6.07, 6.45) is -29.9. The molecule has 78 heavy (non-hydrogen) atoms. The number of nitrogens with zero attached hydrogens (tertiary/aromatic N) is 3. The van der Waals surface area contributed by atoms with Crippen LogP contribution in [0.3, 0.4) is 0 Å². The van der Waals surface area contributed by atoms with E-state index in [9.17, 15) is 115 Å². The minimum absolute atomic E-state index is 0.124. The van der Waals surface area contributed by atoms with E-state index in [2.05, 4.69) is 16.0 Å². The van der Waals surface area contributed by atoms with Crippen LogP contribution < -0.4 is 36.4 Å². The first kappa shape index (κ1) is 66.0. The first-order valence-corrected chi connectivity index (χ1v) is 24.3. The summed E-state index contributed by atoms with van der Waals surface area (Å²) in [7, 11) is 0. The molecule has 0 saturated carbocycles. The Bertz CT molecular complexity index is 1850. The lowest BCUT2D eigenvalue weighted by atomic mass is 9.89. The largest absolute Gasteiger partial charge is 0.549 e. The highest BCUT2D eigenvalue weighted by molar-refractivity contribution is 5.85. The minimum atomic E-state index is -2.28. The Kier molecular flexibility index (Phi) is 25.6. The fourth-order valence-electron chi connectivity index (χ4n) is 9.10. The summed E-state index contributed by atoms with van der Waals surface area (Å²) in [5.41, 5.74) is -4.07. The highest BCUT2D eigenvalue weighted by Crippen LogP contribution is 2.30. The van der Waals surface area contributed by atoms with Gasteiger partial charge in [-0.15, -0.1) is 0 Å². The van der Waals surface area contributed by atoms with Gasteiger partial charge >= 0.3 is 0 Å². The van der Waals surface area contributed by atoms with Crippen molar-refractivity contribution in [2.45, 2.75) is 122 Å². The number of aliphatic carboxylic acids is 4. The number of amides is 3. The molecule has 0 aromatic carbocycles. The Morgan fingerprint density at radius 1 is 0.526 bits per heavy atom. The lowest BCUT2D eigenvalue weighted by molar-refractivity contribution is -0.324. The van der Waals surface area contributed by atoms with Crippen LogP contribution >= 0.6 is 0 Å². The van der Waals surface area contributed by atoms with Crippen LogP contribution in [0.15, 0.2) is 0 Å². The Hall–Kier alpha value is -4.55. The molecule has 448 valence electrons. The van der Waals surface area contributed by atoms with Crippen LogP contribution in [0.2, 0.25) is 0 Å². The molecule has 35 nitrogen and oxygen atoms in total. The van der Waals surface area contributed by atoms with Gasteiger partial charge in [-0.05, 0) is 6.42 Å². The molecule has 0 aromatic rings. The third kappa shape index (κ3) is 18.5. The van der Waals surface area contributed by atoms with Gasteiger partial charge in [0.05, 0.1) is 70.1 Å². The van der Waals surface area contributed by atoms with E-state index in [4.69, 9.17) is 28.4 Å². The number of hydrogen-bond donors (Lipinski definition) is 15. The van der Waals surface area contributed by atoms with E-state index >= 15 is 0 Å². The van der Waals surface area contributed by atoms with Gasteiger partial charge in [-0.3, -0.25) is 29.1 Å². The van der Waals surface area contributed by atoms with Gasteiger partial charge in [-0.2, -0.15) is 0 Å². The number of aliphatic hydroxyl groups is 12. The average Bonchev–Trinajstić information content (AvgIpc) is 3.61. The number of hydrogen-bond acceptors (Lipinski definition) is 32. The maximum absolute atomic E-state index is 13.9. The normalized spacial score (nSPS) is 32.6. The molecule has 4 rings (SSSR count). The number of carboxylic acids is 4. The average molecular weight is 1130 g/mol. The Balaban J connectivity index is 1.54. The number of nitrogens with one attached hydrogen (secondary N) is 3. The zero-order chi connectivity index (χ0) is 58.2. The molecule has 0 radical (unpaired) electrons. The molecule has 0 aliphatic carbocycles. The zero-order valence-corrected chi connectivity index (χ0v) is 41.7. The Morgan fingerprint density at radius 3 is 1.26 bits per heavy atom. The zero-order valence-electron chi connectivity index (χ0n) is 41.7. The van der Waals surface area contributed by atoms with Crippen molar-refractivity contribution in [2.75, 3.05) is 105 Å². The molecule has 15 atom stereocenters. The highest BCUT2D eigenvalue weighted by atomic mass is 16.7. The maximum atomic E-state index is 13.9. The molecule has 15 N–H and O–H groups in total. The second kappa shape index (κ2) is 30.3. The van der Waals surface area contributed by atoms with Crippen molar-refractivity contribution in [3.8, 4) is 0 Å². The van der Waals surface area contributed by atoms with Crippen molar-refractivity contribution in [1.29, 1.82) is 0 Å². The van der Waals surface area contributed by atoms with E-state index in [1.165, 1.54) is 9.80 Å². The minimum Gasteiger partial charge on any atom is -0.549 e. The molecule has 4 aliphatic heterocycles. The molecule has 0 spiro atoms. The molecular formula is C43H68N6O29-4. The van der Waals surface area contributed by atoms with E-state index in [-0.39, 0.29) is 13.1 Å². The summed E-state index contributed by atoms with van der Waals surface area (Å²) in [5.74, 6) is -9.65. The van der Waals surface area contributed by atoms with E-state index in [0.29, 0.717) is 0 Å². The summed E-state index contributed by atoms with van der Waals surface area (Å²) >= 11 is 0. The van der Waals surface area contributed by atoms with E-state index < -0.39 is 256 Å². The predicted molar refractivity (Wildman–Crippen MR) is 237 cm³/mol. The smallest absolute Gasteiger partial charge is 0.239 e. The SMILES string of the molecule is O=C([O-])CN1CCN(CC(=O)[O-])CC(CCC(=O)NCC(=O)NCCC(=O)NC(COC2OC(CO)C(O)C(O)C2O)(COC2OC(CO)C(O)C(O)C2O)COC2OC(CO)C(O)C(O)C2O)(N(CC(=O)[O-])CC(=O)[O-])C1. The van der Waals surface area contributed by atoms with Gasteiger partial charge < -0.3 is 145 Å². The number of aliphatic hydroxyl groups excluding tert-OH is 12. The van der Waals surface area contributed by atoms with Crippen LogP contribution in [0.4, 0.5) is 0 Å². The molecule has 0 aromatic heterocycles. The topological polar surface area (TPSA) is 556 Å². The van der Waals surface area contributed by atoms with Crippen LogP contribution in [-0.4, -0.2) is 326 Å². The molecule has 4 heterocycles. The van der Waals surface area contributed by atoms with Gasteiger partial charge in [0.15, 0.2) is 18.9 Å². The maximum Gasteiger partial charge on any atom is 0.239 e. The van der Waals surface area contributed by atoms with Crippen molar-refractivity contribution in [1.82, 2.24) is 30.7 Å². The number of ether oxygens (including phenoxy) is 6.